The molecule has 0 bridgehead atoms. The highest BCUT2D eigenvalue weighted by Crippen LogP contribution is 2.21. The lowest BCUT2D eigenvalue weighted by Crippen LogP contribution is -2.43. The second kappa shape index (κ2) is 8.16. The van der Waals surface area contributed by atoms with Crippen molar-refractivity contribution < 1.29 is 14.3 Å². The molecule has 0 aromatic rings. The summed E-state index contributed by atoms with van der Waals surface area (Å²) in [5.74, 6) is 0.582. The van der Waals surface area contributed by atoms with Crippen LogP contribution in [0.5, 0.6) is 0 Å². The Morgan fingerprint density at radius 2 is 2.14 bits per heavy atom. The van der Waals surface area contributed by atoms with E-state index >= 15 is 0 Å². The minimum absolute atomic E-state index is 0.162. The molecular formula is C17H32N2O3. The number of likely N-dealkylation sites (tertiary alicyclic amines) is 1. The highest BCUT2D eigenvalue weighted by atomic mass is 16.6. The van der Waals surface area contributed by atoms with Crippen LogP contribution in [0.25, 0.3) is 0 Å². The Bertz CT molecular complexity index is 348. The third-order valence-electron chi connectivity index (χ3n) is 4.30. The first kappa shape index (κ1) is 17.5. The van der Waals surface area contributed by atoms with E-state index in [1.54, 1.807) is 0 Å². The van der Waals surface area contributed by atoms with E-state index in [0.717, 1.165) is 45.6 Å². The maximum absolute atomic E-state index is 12.1. The van der Waals surface area contributed by atoms with Crippen LogP contribution in [0.3, 0.4) is 0 Å². The van der Waals surface area contributed by atoms with Gasteiger partial charge >= 0.3 is 6.09 Å². The van der Waals surface area contributed by atoms with Gasteiger partial charge in [0.1, 0.15) is 5.60 Å². The van der Waals surface area contributed by atoms with E-state index in [1.807, 2.05) is 25.7 Å². The first-order valence-electron chi connectivity index (χ1n) is 8.74. The molecule has 2 unspecified atom stereocenters. The largest absolute Gasteiger partial charge is 0.444 e. The number of amides is 1. The summed E-state index contributed by atoms with van der Waals surface area (Å²) >= 11 is 0. The van der Waals surface area contributed by atoms with E-state index in [4.69, 9.17) is 9.47 Å². The molecule has 2 saturated heterocycles. The molecule has 5 nitrogen and oxygen atoms in total. The van der Waals surface area contributed by atoms with Gasteiger partial charge in [0, 0.05) is 26.2 Å². The summed E-state index contributed by atoms with van der Waals surface area (Å²) in [7, 11) is 0. The molecule has 128 valence electrons. The lowest BCUT2D eigenvalue weighted by atomic mass is 9.95. The number of nitrogens with zero attached hydrogens (tertiary/aromatic N) is 1. The zero-order valence-electron chi connectivity index (χ0n) is 14.4. The number of hydrogen-bond acceptors (Lipinski definition) is 4. The summed E-state index contributed by atoms with van der Waals surface area (Å²) in [6.07, 6.45) is 6.03. The first-order valence-corrected chi connectivity index (χ1v) is 8.74. The van der Waals surface area contributed by atoms with Gasteiger partial charge in [-0.05, 0) is 65.3 Å². The third kappa shape index (κ3) is 6.13. The zero-order valence-corrected chi connectivity index (χ0v) is 14.4. The molecule has 0 aromatic heterocycles. The van der Waals surface area contributed by atoms with E-state index in [9.17, 15) is 4.79 Å². The predicted molar refractivity (Wildman–Crippen MR) is 87.0 cm³/mol. The Hall–Kier alpha value is -0.810. The molecule has 2 atom stereocenters. The van der Waals surface area contributed by atoms with Gasteiger partial charge in [0.05, 0.1) is 6.10 Å². The molecule has 2 fully saturated rings. The Balaban J connectivity index is 1.63. The summed E-state index contributed by atoms with van der Waals surface area (Å²) in [5, 5.41) is 3.50. The van der Waals surface area contributed by atoms with Gasteiger partial charge in [-0.15, -0.1) is 0 Å². The summed E-state index contributed by atoms with van der Waals surface area (Å²) in [5.41, 5.74) is -0.410. The molecule has 22 heavy (non-hydrogen) atoms. The second-order valence-corrected chi connectivity index (χ2v) is 7.56. The number of nitrogens with one attached hydrogen (secondary N) is 1. The van der Waals surface area contributed by atoms with Crippen molar-refractivity contribution in [1.29, 1.82) is 0 Å². The minimum Gasteiger partial charge on any atom is -0.444 e. The van der Waals surface area contributed by atoms with Gasteiger partial charge in [0.2, 0.25) is 0 Å². The molecule has 5 heteroatoms. The van der Waals surface area contributed by atoms with Crippen LogP contribution in [-0.2, 0) is 9.47 Å². The van der Waals surface area contributed by atoms with Gasteiger partial charge in [0.25, 0.3) is 0 Å². The molecule has 2 heterocycles. The van der Waals surface area contributed by atoms with Crippen LogP contribution >= 0.6 is 0 Å². The molecule has 2 aliphatic rings. The fraction of sp³-hybridized carbons (Fsp3) is 0.941. The Kier molecular flexibility index (Phi) is 6.50. The first-order chi connectivity index (χ1) is 10.4. The number of piperidine rings is 1. The van der Waals surface area contributed by atoms with Gasteiger partial charge < -0.3 is 19.7 Å². The van der Waals surface area contributed by atoms with Crippen molar-refractivity contribution in [3.8, 4) is 0 Å². The molecule has 0 saturated carbocycles. The fourth-order valence-electron chi connectivity index (χ4n) is 3.17. The maximum Gasteiger partial charge on any atom is 0.410 e. The van der Waals surface area contributed by atoms with Crippen LogP contribution in [-0.4, -0.2) is 55.5 Å². The van der Waals surface area contributed by atoms with Gasteiger partial charge in [0.15, 0.2) is 0 Å². The quantitative estimate of drug-likeness (QED) is 0.793. The summed E-state index contributed by atoms with van der Waals surface area (Å²) in [6, 6.07) is 0. The minimum atomic E-state index is -0.410. The number of rotatable bonds is 5. The molecule has 0 radical (unpaired) electrons. The van der Waals surface area contributed by atoms with Crippen molar-refractivity contribution >= 4 is 6.09 Å². The van der Waals surface area contributed by atoms with Crippen LogP contribution in [0.2, 0.25) is 0 Å². The molecule has 1 N–H and O–H groups in total. The van der Waals surface area contributed by atoms with Crippen LogP contribution < -0.4 is 5.32 Å². The number of hydrogen-bond donors (Lipinski definition) is 1. The molecule has 1 amide bonds. The molecule has 0 spiro atoms. The average molecular weight is 312 g/mol. The van der Waals surface area contributed by atoms with Crippen molar-refractivity contribution in [2.45, 2.75) is 64.6 Å². The predicted octanol–water partition coefficient (Wildman–Crippen LogP) is 2.79. The fourth-order valence-corrected chi connectivity index (χ4v) is 3.17. The van der Waals surface area contributed by atoms with Gasteiger partial charge in [-0.1, -0.05) is 0 Å². The summed E-state index contributed by atoms with van der Waals surface area (Å²) in [4.78, 5) is 14.0. The molecule has 2 aliphatic heterocycles. The van der Waals surface area contributed by atoms with Crippen molar-refractivity contribution in [3.05, 3.63) is 0 Å². The normalized spacial score (nSPS) is 26.2. The lowest BCUT2D eigenvalue weighted by molar-refractivity contribution is 0.0161. The number of ether oxygens (including phenoxy) is 2. The van der Waals surface area contributed by atoms with E-state index in [0.29, 0.717) is 12.0 Å². The van der Waals surface area contributed by atoms with Crippen LogP contribution in [0.15, 0.2) is 0 Å². The Morgan fingerprint density at radius 3 is 2.82 bits per heavy atom. The van der Waals surface area contributed by atoms with E-state index in [1.165, 1.54) is 19.3 Å². The van der Waals surface area contributed by atoms with Crippen LogP contribution in [0.4, 0.5) is 4.79 Å². The monoisotopic (exact) mass is 312 g/mol. The molecular weight excluding hydrogens is 280 g/mol. The highest BCUT2D eigenvalue weighted by molar-refractivity contribution is 5.68. The zero-order chi connectivity index (χ0) is 16.0. The van der Waals surface area contributed by atoms with Gasteiger partial charge in [-0.3, -0.25) is 0 Å². The lowest BCUT2D eigenvalue weighted by Gasteiger charge is -2.34. The van der Waals surface area contributed by atoms with Crippen molar-refractivity contribution in [3.63, 3.8) is 0 Å². The molecule has 0 aliphatic carbocycles. The van der Waals surface area contributed by atoms with Crippen molar-refractivity contribution in [2.75, 3.05) is 32.8 Å². The van der Waals surface area contributed by atoms with E-state index < -0.39 is 5.60 Å². The van der Waals surface area contributed by atoms with Crippen molar-refractivity contribution in [2.24, 2.45) is 5.92 Å². The topological polar surface area (TPSA) is 50.8 Å². The second-order valence-electron chi connectivity index (χ2n) is 7.56. The van der Waals surface area contributed by atoms with Gasteiger partial charge in [-0.2, -0.15) is 0 Å². The van der Waals surface area contributed by atoms with Crippen molar-refractivity contribution in [1.82, 2.24) is 10.2 Å². The number of carbonyl (C=O) groups is 1. The molecule has 0 aromatic carbocycles. The Labute approximate surface area is 134 Å². The highest BCUT2D eigenvalue weighted by Gasteiger charge is 2.27. The standard InChI is InChI=1S/C17H32N2O3/c1-17(2,3)22-16(20)19-10-4-6-14(13-19)8-9-18-12-15-7-5-11-21-15/h14-15,18H,4-13H2,1-3H3. The summed E-state index contributed by atoms with van der Waals surface area (Å²) in [6.45, 7) is 10.3. The number of carbonyl (C=O) groups excluding carboxylic acids is 1. The SMILES string of the molecule is CC(C)(C)OC(=O)N1CCCC(CCNCC2CCCO2)C1. The third-order valence-corrected chi connectivity index (χ3v) is 4.30. The van der Waals surface area contributed by atoms with Crippen LogP contribution in [0, 0.1) is 5.92 Å². The average Bonchev–Trinajstić information content (AvgIpc) is 2.95. The van der Waals surface area contributed by atoms with Crippen LogP contribution in [0.1, 0.15) is 52.9 Å². The smallest absolute Gasteiger partial charge is 0.410 e. The van der Waals surface area contributed by atoms with E-state index in [-0.39, 0.29) is 6.09 Å². The molecule has 2 rings (SSSR count). The Morgan fingerprint density at radius 1 is 1.32 bits per heavy atom. The van der Waals surface area contributed by atoms with E-state index in [2.05, 4.69) is 5.32 Å². The maximum atomic E-state index is 12.1. The van der Waals surface area contributed by atoms with Gasteiger partial charge in [-0.25, -0.2) is 4.79 Å². The summed E-state index contributed by atoms with van der Waals surface area (Å²) < 4.78 is 11.1.